The molecule has 1 heterocycles. The van der Waals surface area contributed by atoms with Gasteiger partial charge in [0.25, 0.3) is 0 Å². The second kappa shape index (κ2) is 5.38. The molecule has 0 amide bonds. The van der Waals surface area contributed by atoms with E-state index >= 15 is 0 Å². The summed E-state index contributed by atoms with van der Waals surface area (Å²) in [6.45, 7) is 4.46. The number of rotatable bonds is 3. The highest BCUT2D eigenvalue weighted by molar-refractivity contribution is 5.85. The van der Waals surface area contributed by atoms with E-state index in [0.717, 1.165) is 0 Å². The van der Waals surface area contributed by atoms with Gasteiger partial charge in [-0.15, -0.1) is 0 Å². The molecule has 0 aliphatic rings. The Morgan fingerprint density at radius 3 is 1.85 bits per heavy atom. The minimum atomic E-state index is 0.475. The van der Waals surface area contributed by atoms with Gasteiger partial charge in [-0.05, 0) is 17.0 Å². The first-order valence-corrected chi connectivity index (χ1v) is 7.09. The summed E-state index contributed by atoms with van der Waals surface area (Å²) in [7, 11) is 0. The molecule has 20 heavy (non-hydrogen) atoms. The van der Waals surface area contributed by atoms with Crippen molar-refractivity contribution in [1.82, 2.24) is 4.98 Å². The lowest BCUT2D eigenvalue weighted by molar-refractivity contribution is 0.835. The summed E-state index contributed by atoms with van der Waals surface area (Å²) < 4.78 is 0. The first-order valence-electron chi connectivity index (χ1n) is 7.09. The van der Waals surface area contributed by atoms with E-state index in [2.05, 4.69) is 85.7 Å². The zero-order valence-electron chi connectivity index (χ0n) is 11.9. The van der Waals surface area contributed by atoms with Crippen LogP contribution in [-0.4, -0.2) is 4.98 Å². The minimum absolute atomic E-state index is 0.475. The van der Waals surface area contributed by atoms with Crippen molar-refractivity contribution in [2.45, 2.75) is 19.8 Å². The Hall–Kier alpha value is -2.28. The van der Waals surface area contributed by atoms with Gasteiger partial charge in [-0.3, -0.25) is 0 Å². The van der Waals surface area contributed by atoms with Crippen LogP contribution < -0.4 is 0 Å². The smallest absolute Gasteiger partial charge is 0.0259 e. The molecule has 2 aromatic carbocycles. The highest BCUT2D eigenvalue weighted by Gasteiger charge is 2.16. The number of nitrogens with one attached hydrogen (secondary N) is 1. The topological polar surface area (TPSA) is 15.8 Å². The maximum atomic E-state index is 3.47. The molecule has 3 aromatic rings. The monoisotopic (exact) mass is 261 g/mol. The second-order valence-corrected chi connectivity index (χ2v) is 5.38. The Morgan fingerprint density at radius 2 is 1.30 bits per heavy atom. The lowest BCUT2D eigenvalue weighted by Gasteiger charge is -2.10. The Kier molecular flexibility index (Phi) is 3.42. The molecule has 3 rings (SSSR count). The second-order valence-electron chi connectivity index (χ2n) is 5.38. The van der Waals surface area contributed by atoms with Gasteiger partial charge in [-0.25, -0.2) is 0 Å². The first-order chi connectivity index (χ1) is 9.77. The number of benzene rings is 2. The quantitative estimate of drug-likeness (QED) is 0.643. The summed E-state index contributed by atoms with van der Waals surface area (Å²) in [6, 6.07) is 21.2. The lowest BCUT2D eigenvalue weighted by Crippen LogP contribution is -1.91. The van der Waals surface area contributed by atoms with Crippen LogP contribution >= 0.6 is 0 Å². The predicted octanol–water partition coefficient (Wildman–Crippen LogP) is 5.47. The zero-order valence-corrected chi connectivity index (χ0v) is 11.9. The predicted molar refractivity (Wildman–Crippen MR) is 85.8 cm³/mol. The third kappa shape index (κ3) is 2.27. The highest BCUT2D eigenvalue weighted by Crippen LogP contribution is 2.37. The van der Waals surface area contributed by atoms with Crippen LogP contribution in [0.4, 0.5) is 0 Å². The van der Waals surface area contributed by atoms with Crippen molar-refractivity contribution in [2.75, 3.05) is 0 Å². The molecule has 100 valence electrons. The highest BCUT2D eigenvalue weighted by atomic mass is 14.7. The molecule has 1 nitrogen and oxygen atoms in total. The number of aromatic amines is 1. The molecular formula is C19H19N. The van der Waals surface area contributed by atoms with Gasteiger partial charge in [-0.2, -0.15) is 0 Å². The number of H-pyrrole nitrogens is 1. The van der Waals surface area contributed by atoms with Gasteiger partial charge in [0.1, 0.15) is 0 Å². The van der Waals surface area contributed by atoms with E-state index in [1.807, 2.05) is 0 Å². The molecule has 0 bridgehead atoms. The van der Waals surface area contributed by atoms with Crippen molar-refractivity contribution >= 4 is 0 Å². The molecule has 0 saturated carbocycles. The van der Waals surface area contributed by atoms with Crippen molar-refractivity contribution in [3.63, 3.8) is 0 Å². The molecular weight excluding hydrogens is 242 g/mol. The van der Waals surface area contributed by atoms with Crippen molar-refractivity contribution in [1.29, 1.82) is 0 Å². The molecule has 0 saturated heterocycles. The van der Waals surface area contributed by atoms with Crippen LogP contribution in [0.15, 0.2) is 66.9 Å². The lowest BCUT2D eigenvalue weighted by atomic mass is 9.93. The fraction of sp³-hybridized carbons (Fsp3) is 0.158. The summed E-state index contributed by atoms with van der Waals surface area (Å²) in [4.78, 5) is 3.47. The van der Waals surface area contributed by atoms with Crippen LogP contribution in [-0.2, 0) is 0 Å². The van der Waals surface area contributed by atoms with Gasteiger partial charge in [0, 0.05) is 23.0 Å². The Balaban J connectivity index is 2.22. The van der Waals surface area contributed by atoms with Crippen LogP contribution in [0.5, 0.6) is 0 Å². The summed E-state index contributed by atoms with van der Waals surface area (Å²) in [5, 5.41) is 0. The molecule has 1 aromatic heterocycles. The van der Waals surface area contributed by atoms with Gasteiger partial charge in [0.05, 0.1) is 0 Å². The fourth-order valence-electron chi connectivity index (χ4n) is 2.66. The standard InChI is InChI=1S/C19H19N/c1-14(2)19-18(16-11-7-4-8-12-16)17(13-20-19)15-9-5-3-6-10-15/h3-14,20H,1-2H3. The van der Waals surface area contributed by atoms with Crippen LogP contribution in [0.3, 0.4) is 0 Å². The van der Waals surface area contributed by atoms with Crippen LogP contribution in [0.1, 0.15) is 25.5 Å². The van der Waals surface area contributed by atoms with Gasteiger partial charge in [0.15, 0.2) is 0 Å². The molecule has 0 radical (unpaired) electrons. The van der Waals surface area contributed by atoms with E-state index in [-0.39, 0.29) is 0 Å². The molecule has 0 aliphatic heterocycles. The van der Waals surface area contributed by atoms with Crippen LogP contribution in [0, 0.1) is 0 Å². The normalized spacial score (nSPS) is 10.9. The van der Waals surface area contributed by atoms with E-state index < -0.39 is 0 Å². The SMILES string of the molecule is CC(C)c1[nH]cc(-c2ccccc2)c1-c1ccccc1. The van der Waals surface area contributed by atoms with Gasteiger partial charge >= 0.3 is 0 Å². The zero-order chi connectivity index (χ0) is 13.9. The molecule has 0 aliphatic carbocycles. The van der Waals surface area contributed by atoms with Crippen molar-refractivity contribution < 1.29 is 0 Å². The molecule has 0 atom stereocenters. The van der Waals surface area contributed by atoms with Gasteiger partial charge in [0.2, 0.25) is 0 Å². The minimum Gasteiger partial charge on any atom is -0.364 e. The summed E-state index contributed by atoms with van der Waals surface area (Å²) in [5.41, 5.74) is 6.44. The van der Waals surface area contributed by atoms with E-state index in [9.17, 15) is 0 Å². The van der Waals surface area contributed by atoms with E-state index in [1.54, 1.807) is 0 Å². The largest absolute Gasteiger partial charge is 0.364 e. The maximum absolute atomic E-state index is 3.47. The van der Waals surface area contributed by atoms with Crippen molar-refractivity contribution in [3.05, 3.63) is 72.6 Å². The van der Waals surface area contributed by atoms with E-state index in [1.165, 1.54) is 27.9 Å². The third-order valence-corrected chi connectivity index (χ3v) is 3.64. The fourth-order valence-corrected chi connectivity index (χ4v) is 2.66. The first kappa shape index (κ1) is 12.7. The molecule has 0 spiro atoms. The number of hydrogen-bond donors (Lipinski definition) is 1. The van der Waals surface area contributed by atoms with E-state index in [0.29, 0.717) is 5.92 Å². The molecule has 0 unspecified atom stereocenters. The van der Waals surface area contributed by atoms with Gasteiger partial charge in [-0.1, -0.05) is 74.5 Å². The third-order valence-electron chi connectivity index (χ3n) is 3.64. The van der Waals surface area contributed by atoms with E-state index in [4.69, 9.17) is 0 Å². The van der Waals surface area contributed by atoms with Crippen molar-refractivity contribution in [2.24, 2.45) is 0 Å². The maximum Gasteiger partial charge on any atom is 0.0259 e. The van der Waals surface area contributed by atoms with Crippen LogP contribution in [0.2, 0.25) is 0 Å². The average Bonchev–Trinajstić information content (AvgIpc) is 2.94. The average molecular weight is 261 g/mol. The van der Waals surface area contributed by atoms with Gasteiger partial charge < -0.3 is 4.98 Å². The summed E-state index contributed by atoms with van der Waals surface area (Å²) in [5.74, 6) is 0.475. The number of aromatic nitrogens is 1. The molecule has 1 N–H and O–H groups in total. The Bertz CT molecular complexity index is 678. The molecule has 0 fully saturated rings. The number of hydrogen-bond acceptors (Lipinski definition) is 0. The van der Waals surface area contributed by atoms with Crippen LogP contribution in [0.25, 0.3) is 22.3 Å². The summed E-state index contributed by atoms with van der Waals surface area (Å²) in [6.07, 6.45) is 2.13. The summed E-state index contributed by atoms with van der Waals surface area (Å²) >= 11 is 0. The Morgan fingerprint density at radius 1 is 0.750 bits per heavy atom. The molecule has 1 heteroatoms. The van der Waals surface area contributed by atoms with Crippen molar-refractivity contribution in [3.8, 4) is 22.3 Å². The Labute approximate surface area is 120 Å².